The highest BCUT2D eigenvalue weighted by atomic mass is 35.5. The summed E-state index contributed by atoms with van der Waals surface area (Å²) in [5.41, 5.74) is 1.98. The molecule has 1 aliphatic rings. The summed E-state index contributed by atoms with van der Waals surface area (Å²) in [5.74, 6) is 0.822. The molecule has 0 heterocycles. The average Bonchev–Trinajstić information content (AvgIpc) is 3.06. The summed E-state index contributed by atoms with van der Waals surface area (Å²) in [4.78, 5) is 0. The molecule has 17 heavy (non-hydrogen) atoms. The Morgan fingerprint density at radius 1 is 1.47 bits per heavy atom. The van der Waals surface area contributed by atoms with Crippen molar-refractivity contribution in [1.29, 1.82) is 0 Å². The number of benzene rings is 1. The zero-order valence-electron chi connectivity index (χ0n) is 10.2. The van der Waals surface area contributed by atoms with Crippen molar-refractivity contribution in [2.75, 3.05) is 25.6 Å². The second kappa shape index (κ2) is 4.75. The third kappa shape index (κ3) is 2.67. The third-order valence-corrected chi connectivity index (χ3v) is 3.61. The van der Waals surface area contributed by atoms with E-state index in [0.717, 1.165) is 36.4 Å². The second-order valence-corrected chi connectivity index (χ2v) is 5.25. The van der Waals surface area contributed by atoms with E-state index in [0.29, 0.717) is 5.02 Å². The summed E-state index contributed by atoms with van der Waals surface area (Å²) in [6.45, 7) is 2.97. The number of halogens is 1. The molecule has 1 aromatic rings. The Morgan fingerprint density at radius 2 is 2.18 bits per heavy atom. The Kier molecular flexibility index (Phi) is 3.50. The summed E-state index contributed by atoms with van der Waals surface area (Å²) in [5, 5.41) is 13.3. The summed E-state index contributed by atoms with van der Waals surface area (Å²) in [6, 6.07) is 3.74. The molecule has 0 radical (unpaired) electrons. The molecule has 0 spiro atoms. The molecule has 0 amide bonds. The number of rotatable bonds is 5. The number of hydrogen-bond donors (Lipinski definition) is 2. The largest absolute Gasteiger partial charge is 0.494 e. The van der Waals surface area contributed by atoms with Crippen LogP contribution in [0.3, 0.4) is 0 Å². The maximum atomic E-state index is 9.27. The maximum Gasteiger partial charge on any atom is 0.144 e. The maximum absolute atomic E-state index is 9.27. The van der Waals surface area contributed by atoms with Crippen LogP contribution in [0.25, 0.3) is 0 Å². The van der Waals surface area contributed by atoms with E-state index in [1.807, 2.05) is 19.1 Å². The van der Waals surface area contributed by atoms with Gasteiger partial charge in [-0.25, -0.2) is 0 Å². The van der Waals surface area contributed by atoms with Gasteiger partial charge in [0.2, 0.25) is 0 Å². The molecule has 0 aliphatic heterocycles. The first kappa shape index (κ1) is 12.5. The van der Waals surface area contributed by atoms with Gasteiger partial charge in [-0.1, -0.05) is 11.6 Å². The second-order valence-electron chi connectivity index (χ2n) is 4.82. The van der Waals surface area contributed by atoms with E-state index in [9.17, 15) is 5.11 Å². The normalized spacial score (nSPS) is 16.7. The van der Waals surface area contributed by atoms with Crippen LogP contribution in [0.5, 0.6) is 5.75 Å². The van der Waals surface area contributed by atoms with Crippen LogP contribution < -0.4 is 10.1 Å². The van der Waals surface area contributed by atoms with E-state index in [4.69, 9.17) is 16.3 Å². The van der Waals surface area contributed by atoms with E-state index in [1.54, 1.807) is 7.11 Å². The molecule has 3 nitrogen and oxygen atoms in total. The van der Waals surface area contributed by atoms with Crippen LogP contribution in [-0.4, -0.2) is 25.4 Å². The van der Waals surface area contributed by atoms with E-state index in [-0.39, 0.29) is 12.0 Å². The Labute approximate surface area is 107 Å². The van der Waals surface area contributed by atoms with Crippen LogP contribution in [0.1, 0.15) is 18.4 Å². The van der Waals surface area contributed by atoms with E-state index < -0.39 is 0 Å². The van der Waals surface area contributed by atoms with Gasteiger partial charge in [0.05, 0.1) is 19.4 Å². The van der Waals surface area contributed by atoms with Crippen molar-refractivity contribution in [2.24, 2.45) is 5.41 Å². The van der Waals surface area contributed by atoms with Crippen LogP contribution in [0, 0.1) is 12.3 Å². The molecule has 0 aromatic heterocycles. The highest BCUT2D eigenvalue weighted by molar-refractivity contribution is 6.31. The molecule has 0 bridgehead atoms. The SMILES string of the molecule is COc1c(C)cc(Cl)cc1NCC1(CO)CC1. The molecule has 1 saturated carbocycles. The van der Waals surface area contributed by atoms with Crippen molar-refractivity contribution in [3.05, 3.63) is 22.7 Å². The molecule has 2 rings (SSSR count). The molecule has 2 N–H and O–H groups in total. The van der Waals surface area contributed by atoms with E-state index >= 15 is 0 Å². The number of aryl methyl sites for hydroxylation is 1. The van der Waals surface area contributed by atoms with Crippen LogP contribution >= 0.6 is 11.6 Å². The Balaban J connectivity index is 2.14. The van der Waals surface area contributed by atoms with Crippen molar-refractivity contribution < 1.29 is 9.84 Å². The number of ether oxygens (including phenoxy) is 1. The lowest BCUT2D eigenvalue weighted by atomic mass is 10.1. The Bertz CT molecular complexity index is 416. The molecule has 0 saturated heterocycles. The molecule has 0 unspecified atom stereocenters. The van der Waals surface area contributed by atoms with Crippen LogP contribution in [0.15, 0.2) is 12.1 Å². The van der Waals surface area contributed by atoms with E-state index in [2.05, 4.69) is 5.32 Å². The fourth-order valence-electron chi connectivity index (χ4n) is 1.98. The van der Waals surface area contributed by atoms with Gasteiger partial charge in [-0.15, -0.1) is 0 Å². The topological polar surface area (TPSA) is 41.5 Å². The fourth-order valence-corrected chi connectivity index (χ4v) is 2.26. The lowest BCUT2D eigenvalue weighted by molar-refractivity contribution is 0.219. The van der Waals surface area contributed by atoms with Gasteiger partial charge in [-0.3, -0.25) is 0 Å². The molecule has 1 fully saturated rings. The minimum absolute atomic E-state index is 0.0707. The number of aliphatic hydroxyl groups excluding tert-OH is 1. The minimum Gasteiger partial charge on any atom is -0.494 e. The van der Waals surface area contributed by atoms with Crippen molar-refractivity contribution in [2.45, 2.75) is 19.8 Å². The number of anilines is 1. The molecular formula is C13H18ClNO2. The highest BCUT2D eigenvalue weighted by Gasteiger charge is 2.41. The lowest BCUT2D eigenvalue weighted by Gasteiger charge is -2.17. The first-order chi connectivity index (χ1) is 8.10. The van der Waals surface area contributed by atoms with Crippen molar-refractivity contribution in [1.82, 2.24) is 0 Å². The molecular weight excluding hydrogens is 238 g/mol. The number of aliphatic hydroxyl groups is 1. The zero-order valence-corrected chi connectivity index (χ0v) is 11.0. The van der Waals surface area contributed by atoms with Gasteiger partial charge in [0.25, 0.3) is 0 Å². The van der Waals surface area contributed by atoms with Crippen LogP contribution in [-0.2, 0) is 0 Å². The summed E-state index contributed by atoms with van der Waals surface area (Å²) >= 11 is 6.03. The average molecular weight is 256 g/mol. The third-order valence-electron chi connectivity index (χ3n) is 3.39. The van der Waals surface area contributed by atoms with Crippen molar-refractivity contribution >= 4 is 17.3 Å². The Morgan fingerprint density at radius 3 is 2.71 bits per heavy atom. The zero-order chi connectivity index (χ0) is 12.5. The van der Waals surface area contributed by atoms with Gasteiger partial charge in [-0.05, 0) is 37.5 Å². The molecule has 0 atom stereocenters. The monoisotopic (exact) mass is 255 g/mol. The fraction of sp³-hybridized carbons (Fsp3) is 0.538. The molecule has 94 valence electrons. The van der Waals surface area contributed by atoms with Crippen LogP contribution in [0.2, 0.25) is 5.02 Å². The number of methoxy groups -OCH3 is 1. The van der Waals surface area contributed by atoms with Gasteiger partial charge in [0, 0.05) is 17.0 Å². The van der Waals surface area contributed by atoms with Crippen molar-refractivity contribution in [3.63, 3.8) is 0 Å². The van der Waals surface area contributed by atoms with Gasteiger partial charge in [0.1, 0.15) is 5.75 Å². The predicted molar refractivity (Wildman–Crippen MR) is 70.0 cm³/mol. The van der Waals surface area contributed by atoms with E-state index in [1.165, 1.54) is 0 Å². The smallest absolute Gasteiger partial charge is 0.144 e. The van der Waals surface area contributed by atoms with Crippen LogP contribution in [0.4, 0.5) is 5.69 Å². The number of nitrogens with one attached hydrogen (secondary N) is 1. The van der Waals surface area contributed by atoms with Crippen molar-refractivity contribution in [3.8, 4) is 5.75 Å². The summed E-state index contributed by atoms with van der Waals surface area (Å²) in [7, 11) is 1.65. The quantitative estimate of drug-likeness (QED) is 0.850. The van der Waals surface area contributed by atoms with Gasteiger partial charge < -0.3 is 15.2 Å². The first-order valence-corrected chi connectivity index (χ1v) is 6.17. The van der Waals surface area contributed by atoms with Gasteiger partial charge in [-0.2, -0.15) is 0 Å². The summed E-state index contributed by atoms with van der Waals surface area (Å²) in [6.07, 6.45) is 2.16. The minimum atomic E-state index is 0.0707. The number of hydrogen-bond acceptors (Lipinski definition) is 3. The first-order valence-electron chi connectivity index (χ1n) is 5.79. The standard InChI is InChI=1S/C13H18ClNO2/c1-9-5-10(14)6-11(12(9)17-2)15-7-13(8-16)3-4-13/h5-6,15-16H,3-4,7-8H2,1-2H3. The Hall–Kier alpha value is -0.930. The summed E-state index contributed by atoms with van der Waals surface area (Å²) < 4.78 is 5.37. The predicted octanol–water partition coefficient (Wildman–Crippen LogP) is 2.84. The lowest BCUT2D eigenvalue weighted by Crippen LogP contribution is -2.19. The highest BCUT2D eigenvalue weighted by Crippen LogP contribution is 2.45. The molecule has 1 aliphatic carbocycles. The molecule has 4 heteroatoms. The molecule has 1 aromatic carbocycles. The van der Waals surface area contributed by atoms with Gasteiger partial charge >= 0.3 is 0 Å². The van der Waals surface area contributed by atoms with Gasteiger partial charge in [0.15, 0.2) is 0 Å².